The first-order valence-electron chi connectivity index (χ1n) is 17.7. The number of piperidine rings is 2. The lowest BCUT2D eigenvalue weighted by atomic mass is 9.69. The Morgan fingerprint density at radius 2 is 1.87 bits per heavy atom. The summed E-state index contributed by atoms with van der Waals surface area (Å²) in [7, 11) is 0. The molecule has 0 radical (unpaired) electrons. The van der Waals surface area contributed by atoms with Crippen LogP contribution in [0.25, 0.3) is 5.57 Å². The van der Waals surface area contributed by atoms with Gasteiger partial charge in [0.15, 0.2) is 0 Å². The van der Waals surface area contributed by atoms with E-state index in [9.17, 15) is 9.59 Å². The van der Waals surface area contributed by atoms with Crippen molar-refractivity contribution in [1.82, 2.24) is 29.7 Å². The number of nitrogens with one attached hydrogen (secondary N) is 1. The van der Waals surface area contributed by atoms with Crippen molar-refractivity contribution in [1.29, 1.82) is 0 Å². The molecule has 7 rings (SSSR count). The lowest BCUT2D eigenvalue weighted by Crippen LogP contribution is -2.57. The van der Waals surface area contributed by atoms with Gasteiger partial charge < -0.3 is 15.1 Å². The zero-order valence-corrected chi connectivity index (χ0v) is 27.7. The van der Waals surface area contributed by atoms with Crippen LogP contribution in [0.4, 0.5) is 4.79 Å². The molecule has 3 aromatic rings. The van der Waals surface area contributed by atoms with Crippen molar-refractivity contribution in [2.24, 2.45) is 11.3 Å². The summed E-state index contributed by atoms with van der Waals surface area (Å²) in [6.07, 6.45) is 19.3. The van der Waals surface area contributed by atoms with E-state index in [-0.39, 0.29) is 23.0 Å². The molecule has 8 nitrogen and oxygen atoms in total. The van der Waals surface area contributed by atoms with Gasteiger partial charge in [0.25, 0.3) is 5.56 Å². The monoisotopic (exact) mass is 632 g/mol. The van der Waals surface area contributed by atoms with E-state index in [1.807, 2.05) is 22.9 Å². The molecule has 4 aliphatic rings. The van der Waals surface area contributed by atoms with Gasteiger partial charge in [-0.25, -0.2) is 9.78 Å². The third-order valence-corrected chi connectivity index (χ3v) is 11.3. The van der Waals surface area contributed by atoms with E-state index >= 15 is 0 Å². The van der Waals surface area contributed by atoms with Crippen molar-refractivity contribution in [2.45, 2.75) is 89.9 Å². The second-order valence-corrected chi connectivity index (χ2v) is 14.2. The van der Waals surface area contributed by atoms with Gasteiger partial charge in [0.05, 0.1) is 23.8 Å². The molecule has 2 aliphatic heterocycles. The summed E-state index contributed by atoms with van der Waals surface area (Å²) in [6.45, 7) is 5.73. The number of carbonyl (C=O) groups is 1. The Labute approximate surface area is 278 Å². The van der Waals surface area contributed by atoms with Crippen molar-refractivity contribution in [3.05, 3.63) is 112 Å². The predicted octanol–water partition coefficient (Wildman–Crippen LogP) is 6.68. The second kappa shape index (κ2) is 14.0. The number of likely N-dealkylation sites (tertiary alicyclic amines) is 2. The summed E-state index contributed by atoms with van der Waals surface area (Å²) >= 11 is 0. The van der Waals surface area contributed by atoms with Crippen molar-refractivity contribution >= 4 is 11.6 Å². The number of amides is 2. The van der Waals surface area contributed by atoms with E-state index in [0.717, 1.165) is 88.1 Å². The highest BCUT2D eigenvalue weighted by Crippen LogP contribution is 2.49. The average Bonchev–Trinajstić information content (AvgIpc) is 3.58. The molecule has 1 spiro atoms. The molecule has 47 heavy (non-hydrogen) atoms. The van der Waals surface area contributed by atoms with Crippen molar-refractivity contribution in [2.75, 3.05) is 19.6 Å². The highest BCUT2D eigenvalue weighted by atomic mass is 16.2. The smallest absolute Gasteiger partial charge is 0.320 e. The molecule has 4 heterocycles. The van der Waals surface area contributed by atoms with Gasteiger partial charge in [0.2, 0.25) is 0 Å². The summed E-state index contributed by atoms with van der Waals surface area (Å²) < 4.78 is 1.81. The van der Waals surface area contributed by atoms with Gasteiger partial charge in [-0.1, -0.05) is 67.5 Å². The van der Waals surface area contributed by atoms with E-state index in [0.29, 0.717) is 18.5 Å². The zero-order valence-electron chi connectivity index (χ0n) is 27.7. The first kappa shape index (κ1) is 31.6. The highest BCUT2D eigenvalue weighted by Gasteiger charge is 2.47. The fraction of sp³-hybridized carbons (Fsp3) is 0.487. The van der Waals surface area contributed by atoms with E-state index in [2.05, 4.69) is 80.6 Å². The molecule has 0 unspecified atom stereocenters. The molecule has 2 aromatic heterocycles. The van der Waals surface area contributed by atoms with E-state index in [1.165, 1.54) is 24.0 Å². The number of hydrogen-bond acceptors (Lipinski definition) is 5. The predicted molar refractivity (Wildman–Crippen MR) is 186 cm³/mol. The molecular weight excluding hydrogens is 584 g/mol. The minimum Gasteiger partial charge on any atom is -0.324 e. The Morgan fingerprint density at radius 1 is 1.02 bits per heavy atom. The van der Waals surface area contributed by atoms with Crippen molar-refractivity contribution in [3.8, 4) is 0 Å². The van der Waals surface area contributed by atoms with Gasteiger partial charge in [-0.2, -0.15) is 0 Å². The molecule has 1 aromatic carbocycles. The Bertz CT molecular complexity index is 1670. The fourth-order valence-electron chi connectivity index (χ4n) is 8.56. The number of hydrogen-bond donors (Lipinski definition) is 1. The van der Waals surface area contributed by atoms with E-state index < -0.39 is 0 Å². The minimum atomic E-state index is 0.0157. The van der Waals surface area contributed by atoms with Gasteiger partial charge in [0, 0.05) is 51.0 Å². The summed E-state index contributed by atoms with van der Waals surface area (Å²) in [4.78, 5) is 41.3. The standard InChI is InChI=1S/C39H48N6O2/c1-29-11-10-20-40-35(29)25-41-33-17-22-45(36(23-33)31-14-6-3-7-15-31)38(47)43-21-16-32(39(27-43)18-8-9-19-39)26-44-28-42-34(24-37(44)46)30-12-4-2-5-13-30/h3-4,6-7,10-15,20,24,28,32-33,36,41H,2,5,8-9,16-19,21-23,25-27H2,1H3/t32-,33+,36-/m0/s1. The number of benzene rings is 1. The molecule has 2 amide bonds. The quantitative estimate of drug-likeness (QED) is 0.314. The zero-order chi connectivity index (χ0) is 32.2. The number of aryl methyl sites for hydroxylation is 1. The first-order chi connectivity index (χ1) is 23.0. The molecule has 246 valence electrons. The number of allylic oxidation sites excluding steroid dienone is 4. The molecule has 0 bridgehead atoms. The minimum absolute atomic E-state index is 0.0157. The molecule has 3 atom stereocenters. The number of pyridine rings is 1. The topological polar surface area (TPSA) is 83.4 Å². The first-order valence-corrected chi connectivity index (χ1v) is 17.7. The number of aromatic nitrogens is 3. The van der Waals surface area contributed by atoms with Crippen LogP contribution in [0.1, 0.15) is 86.3 Å². The maximum Gasteiger partial charge on any atom is 0.320 e. The third kappa shape index (κ3) is 6.84. The van der Waals surface area contributed by atoms with E-state index in [1.54, 1.807) is 12.4 Å². The van der Waals surface area contributed by atoms with Crippen LogP contribution in [-0.4, -0.2) is 56.0 Å². The lowest BCUT2D eigenvalue weighted by molar-refractivity contribution is 0.0206. The van der Waals surface area contributed by atoms with Crippen LogP contribution in [0.15, 0.2) is 84.1 Å². The van der Waals surface area contributed by atoms with Crippen molar-refractivity contribution in [3.63, 3.8) is 0 Å². The average molecular weight is 633 g/mol. The van der Waals surface area contributed by atoms with Crippen LogP contribution < -0.4 is 10.9 Å². The van der Waals surface area contributed by atoms with Gasteiger partial charge in [-0.15, -0.1) is 0 Å². The summed E-state index contributed by atoms with van der Waals surface area (Å²) in [6, 6.07) is 16.8. The van der Waals surface area contributed by atoms with Crippen LogP contribution in [0.3, 0.4) is 0 Å². The van der Waals surface area contributed by atoms with E-state index in [4.69, 9.17) is 0 Å². The molecule has 2 aliphatic carbocycles. The van der Waals surface area contributed by atoms with Gasteiger partial charge in [-0.3, -0.25) is 14.3 Å². The molecule has 8 heteroatoms. The second-order valence-electron chi connectivity index (χ2n) is 14.2. The molecule has 1 saturated carbocycles. The van der Waals surface area contributed by atoms with Gasteiger partial charge in [0.1, 0.15) is 0 Å². The molecular formula is C39H48N6O2. The Hall–Kier alpha value is -4.04. The van der Waals surface area contributed by atoms with Gasteiger partial charge in [-0.05, 0) is 86.0 Å². The van der Waals surface area contributed by atoms with Crippen LogP contribution in [0, 0.1) is 18.3 Å². The maximum absolute atomic E-state index is 14.5. The normalized spacial score (nSPS) is 24.0. The van der Waals surface area contributed by atoms with Crippen molar-refractivity contribution < 1.29 is 4.79 Å². The Balaban J connectivity index is 1.05. The largest absolute Gasteiger partial charge is 0.324 e. The molecule has 2 saturated heterocycles. The third-order valence-electron chi connectivity index (χ3n) is 11.3. The Morgan fingerprint density at radius 3 is 2.64 bits per heavy atom. The summed E-state index contributed by atoms with van der Waals surface area (Å²) in [5, 5.41) is 3.76. The Kier molecular flexibility index (Phi) is 9.39. The number of nitrogens with zero attached hydrogens (tertiary/aromatic N) is 5. The molecule has 3 fully saturated rings. The van der Waals surface area contributed by atoms with Crippen LogP contribution in [0.2, 0.25) is 0 Å². The fourth-order valence-corrected chi connectivity index (χ4v) is 8.56. The summed E-state index contributed by atoms with van der Waals surface area (Å²) in [5.41, 5.74) is 5.34. The summed E-state index contributed by atoms with van der Waals surface area (Å²) in [5.74, 6) is 0.350. The number of rotatable bonds is 7. The maximum atomic E-state index is 14.5. The van der Waals surface area contributed by atoms with Crippen LogP contribution in [0.5, 0.6) is 0 Å². The lowest BCUT2D eigenvalue weighted by Gasteiger charge is -2.49. The highest BCUT2D eigenvalue weighted by molar-refractivity contribution is 5.75. The SMILES string of the molecule is Cc1cccnc1CN[C@@H]1CCN(C(=O)N2CC[C@@H](Cn3cnc(C4=CCCC=C4)cc3=O)C3(CCCC3)C2)[C@H](c2ccccc2)C1. The number of carbonyl (C=O) groups excluding carboxylic acids is 1. The number of urea groups is 1. The van der Waals surface area contributed by atoms with Crippen LogP contribution in [-0.2, 0) is 13.1 Å². The van der Waals surface area contributed by atoms with Gasteiger partial charge >= 0.3 is 6.03 Å². The molecule has 1 N–H and O–H groups in total. The van der Waals surface area contributed by atoms with Crippen LogP contribution >= 0.6 is 0 Å².